The van der Waals surface area contributed by atoms with Gasteiger partial charge in [0.05, 0.1) is 24.5 Å². The van der Waals surface area contributed by atoms with Gasteiger partial charge in [-0.05, 0) is 66.6 Å². The number of rotatable bonds is 9. The lowest BCUT2D eigenvalue weighted by Crippen LogP contribution is -2.46. The van der Waals surface area contributed by atoms with E-state index in [1.807, 2.05) is 43.3 Å². The molecule has 4 aromatic rings. The summed E-state index contributed by atoms with van der Waals surface area (Å²) in [5.41, 5.74) is 4.23. The fourth-order valence-corrected chi connectivity index (χ4v) is 5.75. The highest BCUT2D eigenvalue weighted by Gasteiger charge is 2.39. The predicted octanol–water partition coefficient (Wildman–Crippen LogP) is 4.91. The standard InChI is InChI=1S/C36H33FN4O5/c1-24-6-8-25(9-7-24)22-41(32(42)23-40-31-5-3-2-4-30(31)34(43)36(40)45)33(26-10-12-27(37)13-11-26)35(44)38-28-14-16-29(17-15-28)39-18-20-46-21-19-39/h2-17,33H,18-23H2,1H3,(H,38,44). The van der Waals surface area contributed by atoms with Gasteiger partial charge in [-0.25, -0.2) is 4.39 Å². The minimum Gasteiger partial charge on any atom is -0.378 e. The van der Waals surface area contributed by atoms with Gasteiger partial charge in [0, 0.05) is 31.0 Å². The number of Topliss-reactive ketones (excluding diaryl/α,β-unsaturated/α-hetero) is 1. The van der Waals surface area contributed by atoms with E-state index in [1.54, 1.807) is 36.4 Å². The number of carbonyl (C=O) groups excluding carboxylic acids is 4. The van der Waals surface area contributed by atoms with Gasteiger partial charge < -0.3 is 19.9 Å². The van der Waals surface area contributed by atoms with E-state index in [-0.39, 0.29) is 12.1 Å². The maximum absolute atomic E-state index is 14.2. The first-order chi connectivity index (χ1) is 22.3. The number of ketones is 1. The van der Waals surface area contributed by atoms with Crippen LogP contribution in [0, 0.1) is 12.7 Å². The van der Waals surface area contributed by atoms with Gasteiger partial charge >= 0.3 is 0 Å². The number of nitrogens with one attached hydrogen (secondary N) is 1. The number of hydrogen-bond acceptors (Lipinski definition) is 6. The molecular weight excluding hydrogens is 587 g/mol. The zero-order chi connectivity index (χ0) is 32.2. The lowest BCUT2D eigenvalue weighted by Gasteiger charge is -2.33. The number of carbonyl (C=O) groups is 4. The largest absolute Gasteiger partial charge is 0.378 e. The lowest BCUT2D eigenvalue weighted by atomic mass is 10.0. The summed E-state index contributed by atoms with van der Waals surface area (Å²) >= 11 is 0. The zero-order valence-corrected chi connectivity index (χ0v) is 25.3. The molecule has 1 saturated heterocycles. The minimum atomic E-state index is -1.20. The number of halogens is 1. The molecule has 46 heavy (non-hydrogen) atoms. The van der Waals surface area contributed by atoms with Crippen LogP contribution in [0.25, 0.3) is 0 Å². The van der Waals surface area contributed by atoms with E-state index in [0.717, 1.165) is 34.8 Å². The average molecular weight is 621 g/mol. The molecule has 0 saturated carbocycles. The average Bonchev–Trinajstić information content (AvgIpc) is 3.31. The normalized spacial score (nSPS) is 15.0. The van der Waals surface area contributed by atoms with Crippen molar-refractivity contribution in [2.24, 2.45) is 0 Å². The van der Waals surface area contributed by atoms with Crippen LogP contribution in [0.3, 0.4) is 0 Å². The lowest BCUT2D eigenvalue weighted by molar-refractivity contribution is -0.139. The third-order valence-electron chi connectivity index (χ3n) is 8.22. The number of ether oxygens (including phenoxy) is 1. The van der Waals surface area contributed by atoms with Gasteiger partial charge in [0.15, 0.2) is 0 Å². The zero-order valence-electron chi connectivity index (χ0n) is 25.3. The highest BCUT2D eigenvalue weighted by Crippen LogP contribution is 2.31. The quantitative estimate of drug-likeness (QED) is 0.267. The van der Waals surface area contributed by atoms with Crippen LogP contribution in [0.4, 0.5) is 21.5 Å². The third kappa shape index (κ3) is 6.52. The first-order valence-electron chi connectivity index (χ1n) is 15.1. The first kappa shape index (κ1) is 30.7. The van der Waals surface area contributed by atoms with E-state index in [0.29, 0.717) is 30.2 Å². The summed E-state index contributed by atoms with van der Waals surface area (Å²) in [6, 6.07) is 25.6. The molecule has 0 bridgehead atoms. The van der Waals surface area contributed by atoms with Crippen LogP contribution < -0.4 is 15.1 Å². The highest BCUT2D eigenvalue weighted by molar-refractivity contribution is 6.52. The fourth-order valence-electron chi connectivity index (χ4n) is 5.75. The number of anilines is 3. The van der Waals surface area contributed by atoms with Gasteiger partial charge in [-0.15, -0.1) is 0 Å². The molecule has 1 unspecified atom stereocenters. The molecule has 0 spiro atoms. The van der Waals surface area contributed by atoms with Gasteiger partial charge in [-0.3, -0.25) is 24.1 Å². The molecule has 0 radical (unpaired) electrons. The van der Waals surface area contributed by atoms with Gasteiger partial charge in [-0.2, -0.15) is 0 Å². The summed E-state index contributed by atoms with van der Waals surface area (Å²) in [5, 5.41) is 2.94. The van der Waals surface area contributed by atoms with E-state index >= 15 is 0 Å². The van der Waals surface area contributed by atoms with E-state index in [1.165, 1.54) is 29.2 Å². The van der Waals surface area contributed by atoms with E-state index in [4.69, 9.17) is 4.74 Å². The Kier molecular flexibility index (Phi) is 8.89. The van der Waals surface area contributed by atoms with Gasteiger partial charge in [0.25, 0.3) is 17.6 Å². The van der Waals surface area contributed by atoms with Crippen molar-refractivity contribution in [2.45, 2.75) is 19.5 Å². The second-order valence-corrected chi connectivity index (χ2v) is 11.3. The molecule has 1 atom stereocenters. The molecule has 1 N–H and O–H groups in total. The molecule has 3 amide bonds. The Morgan fingerprint density at radius 1 is 0.891 bits per heavy atom. The van der Waals surface area contributed by atoms with E-state index in [2.05, 4.69) is 10.2 Å². The molecule has 2 aliphatic rings. The Morgan fingerprint density at radius 3 is 2.26 bits per heavy atom. The monoisotopic (exact) mass is 620 g/mol. The number of morpholine rings is 1. The van der Waals surface area contributed by atoms with Gasteiger partial charge in [0.1, 0.15) is 18.4 Å². The molecule has 2 heterocycles. The first-order valence-corrected chi connectivity index (χ1v) is 15.1. The predicted molar refractivity (Wildman–Crippen MR) is 172 cm³/mol. The molecule has 4 aromatic carbocycles. The van der Waals surface area contributed by atoms with Gasteiger partial charge in [-0.1, -0.05) is 54.1 Å². The molecule has 0 aliphatic carbocycles. The number of para-hydroxylation sites is 1. The van der Waals surface area contributed by atoms with Crippen molar-refractivity contribution >= 4 is 40.6 Å². The number of benzene rings is 4. The van der Waals surface area contributed by atoms with E-state index in [9.17, 15) is 23.6 Å². The van der Waals surface area contributed by atoms with Crippen molar-refractivity contribution in [3.63, 3.8) is 0 Å². The van der Waals surface area contributed by atoms with Crippen molar-refractivity contribution in [1.29, 1.82) is 0 Å². The van der Waals surface area contributed by atoms with Crippen molar-refractivity contribution < 1.29 is 28.3 Å². The number of nitrogens with zero attached hydrogens (tertiary/aromatic N) is 3. The number of amides is 3. The van der Waals surface area contributed by atoms with Crippen molar-refractivity contribution in [3.8, 4) is 0 Å². The SMILES string of the molecule is Cc1ccc(CN(C(=O)CN2C(=O)C(=O)c3ccccc32)C(C(=O)Nc2ccc(N3CCOCC3)cc2)c2ccc(F)cc2)cc1. The highest BCUT2D eigenvalue weighted by atomic mass is 19.1. The Hall–Kier alpha value is -5.35. The van der Waals surface area contributed by atoms with Crippen LogP contribution in [0.1, 0.15) is 33.1 Å². The molecule has 10 heteroatoms. The maximum Gasteiger partial charge on any atom is 0.299 e. The van der Waals surface area contributed by atoms with Crippen molar-refractivity contribution in [2.75, 3.05) is 48.0 Å². The van der Waals surface area contributed by atoms with Crippen LogP contribution in [0.2, 0.25) is 0 Å². The van der Waals surface area contributed by atoms with Crippen LogP contribution in [0.15, 0.2) is 97.1 Å². The van der Waals surface area contributed by atoms with Crippen LogP contribution in [-0.4, -0.2) is 61.3 Å². The number of hydrogen-bond donors (Lipinski definition) is 1. The second kappa shape index (κ2) is 13.3. The topological polar surface area (TPSA) is 99.3 Å². The third-order valence-corrected chi connectivity index (χ3v) is 8.22. The molecule has 234 valence electrons. The summed E-state index contributed by atoms with van der Waals surface area (Å²) < 4.78 is 19.5. The van der Waals surface area contributed by atoms with Crippen molar-refractivity contribution in [1.82, 2.24) is 4.90 Å². The second-order valence-electron chi connectivity index (χ2n) is 11.3. The minimum absolute atomic E-state index is 0.0160. The molecule has 9 nitrogen and oxygen atoms in total. The Balaban J connectivity index is 1.33. The van der Waals surface area contributed by atoms with E-state index < -0.39 is 41.9 Å². The summed E-state index contributed by atoms with van der Waals surface area (Å²) in [6.07, 6.45) is 0. The van der Waals surface area contributed by atoms with Crippen LogP contribution >= 0.6 is 0 Å². The number of aryl methyl sites for hydroxylation is 1. The molecule has 1 fully saturated rings. The van der Waals surface area contributed by atoms with Gasteiger partial charge in [0.2, 0.25) is 5.91 Å². The smallest absolute Gasteiger partial charge is 0.299 e. The Bertz CT molecular complexity index is 1750. The van der Waals surface area contributed by atoms with Crippen LogP contribution in [-0.2, 0) is 25.7 Å². The van der Waals surface area contributed by atoms with Crippen LogP contribution in [0.5, 0.6) is 0 Å². The molecule has 6 rings (SSSR count). The summed E-state index contributed by atoms with van der Waals surface area (Å²) in [6.45, 7) is 4.32. The maximum atomic E-state index is 14.2. The Morgan fingerprint density at radius 2 is 1.57 bits per heavy atom. The Labute approximate surface area is 266 Å². The molecule has 0 aromatic heterocycles. The number of fused-ring (bicyclic) bond motifs is 1. The fraction of sp³-hybridized carbons (Fsp3) is 0.222. The summed E-state index contributed by atoms with van der Waals surface area (Å²) in [5.74, 6) is -3.08. The summed E-state index contributed by atoms with van der Waals surface area (Å²) in [4.78, 5) is 58.8. The molecule has 2 aliphatic heterocycles. The summed E-state index contributed by atoms with van der Waals surface area (Å²) in [7, 11) is 0. The molecular formula is C36H33FN4O5. The van der Waals surface area contributed by atoms with Crippen molar-refractivity contribution in [3.05, 3.63) is 125 Å².